The molecule has 4 fully saturated rings. The Labute approximate surface area is 342 Å². The van der Waals surface area contributed by atoms with E-state index in [-0.39, 0.29) is 75.7 Å². The molecule has 0 unspecified atom stereocenters. The number of aromatic nitrogens is 2. The first-order chi connectivity index (χ1) is 26.3. The van der Waals surface area contributed by atoms with Crippen LogP contribution in [0.1, 0.15) is 166 Å². The van der Waals surface area contributed by atoms with Crippen molar-refractivity contribution < 1.29 is 28.7 Å². The molecule has 9 atom stereocenters. The first kappa shape index (κ1) is 43.2. The van der Waals surface area contributed by atoms with Crippen molar-refractivity contribution in [1.82, 2.24) is 15.3 Å². The summed E-state index contributed by atoms with van der Waals surface area (Å²) in [6.45, 7) is 27.5. The maximum absolute atomic E-state index is 14.1. The lowest BCUT2D eigenvalue weighted by Crippen LogP contribution is -2.65. The molecular formula is C48H71N3O6. The van der Waals surface area contributed by atoms with Gasteiger partial charge in [0, 0.05) is 29.6 Å². The zero-order valence-corrected chi connectivity index (χ0v) is 37.3. The molecule has 9 nitrogen and oxygen atoms in total. The fourth-order valence-electron chi connectivity index (χ4n) is 13.2. The van der Waals surface area contributed by atoms with Gasteiger partial charge in [-0.2, -0.15) is 0 Å². The van der Waals surface area contributed by atoms with Crippen molar-refractivity contribution >= 4 is 23.6 Å². The fraction of sp³-hybridized carbons (Fsp3) is 0.750. The Balaban J connectivity index is 1.23. The maximum Gasteiger partial charge on any atom is 0.312 e. The number of nitrogens with zero attached hydrogens (tertiary/aromatic N) is 2. The maximum atomic E-state index is 14.1. The highest BCUT2D eigenvalue weighted by molar-refractivity contribution is 6.01. The van der Waals surface area contributed by atoms with Crippen LogP contribution in [0, 0.1) is 56.2 Å². The number of carbonyl (C=O) groups is 4. The summed E-state index contributed by atoms with van der Waals surface area (Å²) in [6.07, 6.45) is 15.2. The van der Waals surface area contributed by atoms with E-state index < -0.39 is 16.4 Å². The molecule has 1 N–H and O–H groups in total. The van der Waals surface area contributed by atoms with Gasteiger partial charge in [-0.05, 0) is 156 Å². The van der Waals surface area contributed by atoms with Gasteiger partial charge >= 0.3 is 11.9 Å². The lowest BCUT2D eigenvalue weighted by Gasteiger charge is -2.72. The minimum atomic E-state index is -0.983. The predicted octanol–water partition coefficient (Wildman–Crippen LogP) is 9.86. The second kappa shape index (κ2) is 14.7. The summed E-state index contributed by atoms with van der Waals surface area (Å²) in [5.41, 5.74) is 0.131. The smallest absolute Gasteiger partial charge is 0.312 e. The van der Waals surface area contributed by atoms with Crippen molar-refractivity contribution in [1.29, 1.82) is 0 Å². The Hall–Kier alpha value is -3.36. The Kier molecular flexibility index (Phi) is 11.2. The Morgan fingerprint density at radius 1 is 0.877 bits per heavy atom. The molecule has 1 aromatic rings. The third-order valence-corrected chi connectivity index (χ3v) is 16.1. The first-order valence-corrected chi connectivity index (χ1v) is 21.8. The molecule has 0 spiro atoms. The molecule has 0 aliphatic heterocycles. The third kappa shape index (κ3) is 7.45. The number of ketones is 1. The molecule has 4 saturated carbocycles. The fourth-order valence-corrected chi connectivity index (χ4v) is 13.2. The van der Waals surface area contributed by atoms with Crippen LogP contribution in [-0.4, -0.2) is 45.3 Å². The molecule has 9 heteroatoms. The number of esters is 2. The monoisotopic (exact) mass is 786 g/mol. The van der Waals surface area contributed by atoms with Crippen LogP contribution in [0.2, 0.25) is 0 Å². The standard InChI is InChI=1S/C48H71N3O6/c1-29(2)38-32(52)27-48(22-19-36(53)51-30(3)40-49-25-14-26-50-40)24-23-46(12)31(39(38)48)15-16-34-45(11)20-18-35(44(9,10)33(45)17-21-47(34,46)13)56-37(54)28-43(7,8)41(55)57-42(4,5)6/h14,19,22,25-26,29-31,33-35H,15-18,20-21,23-24,27-28H2,1-13H3,(H,51,53)/b22-19+/t30-,31-,33+,34-,35+,45+,46-,47-,48+/m1/s1. The van der Waals surface area contributed by atoms with E-state index >= 15 is 0 Å². The van der Waals surface area contributed by atoms with Crippen molar-refractivity contribution in [3.63, 3.8) is 0 Å². The average Bonchev–Trinajstić information content (AvgIpc) is 3.40. The van der Waals surface area contributed by atoms with Gasteiger partial charge in [0.2, 0.25) is 5.91 Å². The van der Waals surface area contributed by atoms with Gasteiger partial charge in [0.05, 0.1) is 17.9 Å². The number of hydrogen-bond donors (Lipinski definition) is 1. The molecule has 0 radical (unpaired) electrons. The molecule has 57 heavy (non-hydrogen) atoms. The van der Waals surface area contributed by atoms with Crippen LogP contribution < -0.4 is 5.32 Å². The Morgan fingerprint density at radius 3 is 2.18 bits per heavy atom. The average molecular weight is 786 g/mol. The molecule has 5 aliphatic rings. The van der Waals surface area contributed by atoms with Gasteiger partial charge in [-0.3, -0.25) is 19.2 Å². The SMILES string of the molecule is CC(C)C1=C2[C@H]3CC[C@@H]4[C@@]5(C)CC[C@H](OC(=O)CC(C)(C)C(=O)OC(C)(C)C)C(C)(C)[C@@H]5CC[C@@]4(C)[C@]3(C)CC[C@@]2(/C=C/C(=O)N[C@H](C)c2ncccn2)CC1=O. The van der Waals surface area contributed by atoms with Gasteiger partial charge in [-0.15, -0.1) is 0 Å². The molecular weight excluding hydrogens is 715 g/mol. The molecule has 6 rings (SSSR count). The summed E-state index contributed by atoms with van der Waals surface area (Å²) in [5, 5.41) is 3.04. The Morgan fingerprint density at radius 2 is 1.54 bits per heavy atom. The molecule has 1 amide bonds. The lowest BCUT2D eigenvalue weighted by atomic mass is 9.33. The number of amides is 1. The minimum absolute atomic E-state index is 0.0105. The van der Waals surface area contributed by atoms with Crippen LogP contribution in [0.4, 0.5) is 0 Å². The molecule has 0 bridgehead atoms. The van der Waals surface area contributed by atoms with E-state index in [9.17, 15) is 19.2 Å². The predicted molar refractivity (Wildman–Crippen MR) is 221 cm³/mol. The van der Waals surface area contributed by atoms with E-state index in [0.717, 1.165) is 56.9 Å². The number of rotatable bonds is 9. The zero-order valence-electron chi connectivity index (χ0n) is 37.3. The quantitative estimate of drug-likeness (QED) is 0.194. The van der Waals surface area contributed by atoms with Gasteiger partial charge < -0.3 is 14.8 Å². The largest absolute Gasteiger partial charge is 0.462 e. The van der Waals surface area contributed by atoms with Crippen LogP contribution in [0.5, 0.6) is 0 Å². The van der Waals surface area contributed by atoms with Crippen molar-refractivity contribution in [2.45, 2.75) is 172 Å². The van der Waals surface area contributed by atoms with Gasteiger partial charge in [-0.1, -0.05) is 54.5 Å². The molecule has 1 heterocycles. The minimum Gasteiger partial charge on any atom is -0.462 e. The summed E-state index contributed by atoms with van der Waals surface area (Å²) >= 11 is 0. The summed E-state index contributed by atoms with van der Waals surface area (Å²) in [5.74, 6) is 1.13. The number of fused-ring (bicyclic) bond motifs is 7. The van der Waals surface area contributed by atoms with E-state index in [2.05, 4.69) is 69.8 Å². The van der Waals surface area contributed by atoms with E-state index in [1.54, 1.807) is 38.4 Å². The van der Waals surface area contributed by atoms with Crippen LogP contribution in [0.3, 0.4) is 0 Å². The Bertz CT molecular complexity index is 1820. The first-order valence-electron chi connectivity index (χ1n) is 21.8. The summed E-state index contributed by atoms with van der Waals surface area (Å²) in [6, 6.07) is 1.42. The van der Waals surface area contributed by atoms with Crippen LogP contribution in [0.25, 0.3) is 0 Å². The van der Waals surface area contributed by atoms with Gasteiger partial charge in [0.1, 0.15) is 17.5 Å². The second-order valence-electron chi connectivity index (χ2n) is 21.9. The van der Waals surface area contributed by atoms with Crippen molar-refractivity contribution in [3.05, 3.63) is 47.6 Å². The number of allylic oxidation sites excluding steroid dienone is 3. The van der Waals surface area contributed by atoms with Crippen LogP contribution >= 0.6 is 0 Å². The normalized spacial score (nSPS) is 35.5. The van der Waals surface area contributed by atoms with E-state index in [0.29, 0.717) is 24.1 Å². The highest BCUT2D eigenvalue weighted by Gasteiger charge is 2.70. The summed E-state index contributed by atoms with van der Waals surface area (Å²) in [4.78, 5) is 62.5. The van der Waals surface area contributed by atoms with Crippen LogP contribution in [-0.2, 0) is 28.7 Å². The summed E-state index contributed by atoms with van der Waals surface area (Å²) < 4.78 is 12.0. The number of ether oxygens (including phenoxy) is 2. The van der Waals surface area contributed by atoms with Crippen LogP contribution in [0.15, 0.2) is 41.8 Å². The molecule has 5 aliphatic carbocycles. The summed E-state index contributed by atoms with van der Waals surface area (Å²) in [7, 11) is 0. The number of nitrogens with one attached hydrogen (secondary N) is 1. The molecule has 0 saturated heterocycles. The topological polar surface area (TPSA) is 125 Å². The lowest BCUT2D eigenvalue weighted by molar-refractivity contribution is -0.232. The van der Waals surface area contributed by atoms with Gasteiger partial charge in [0.25, 0.3) is 0 Å². The second-order valence-corrected chi connectivity index (χ2v) is 21.9. The number of Topliss-reactive ketones (excluding diaryl/α,β-unsaturated/α-hetero) is 1. The van der Waals surface area contributed by atoms with Gasteiger partial charge in [0.15, 0.2) is 5.78 Å². The highest BCUT2D eigenvalue weighted by Crippen LogP contribution is 2.77. The molecule has 1 aromatic heterocycles. The number of carbonyl (C=O) groups excluding carboxylic acids is 4. The van der Waals surface area contributed by atoms with Crippen molar-refractivity contribution in [2.75, 3.05) is 0 Å². The highest BCUT2D eigenvalue weighted by atomic mass is 16.6. The number of hydrogen-bond acceptors (Lipinski definition) is 8. The molecule has 314 valence electrons. The van der Waals surface area contributed by atoms with Crippen molar-refractivity contribution in [3.8, 4) is 0 Å². The zero-order chi connectivity index (χ0) is 42.1. The van der Waals surface area contributed by atoms with E-state index in [1.807, 2.05) is 27.7 Å². The van der Waals surface area contributed by atoms with E-state index in [1.165, 1.54) is 5.57 Å². The van der Waals surface area contributed by atoms with E-state index in [4.69, 9.17) is 9.47 Å². The third-order valence-electron chi connectivity index (χ3n) is 16.1. The van der Waals surface area contributed by atoms with Gasteiger partial charge in [-0.25, -0.2) is 9.97 Å². The molecule has 0 aromatic carbocycles. The van der Waals surface area contributed by atoms with Crippen molar-refractivity contribution in [2.24, 2.45) is 56.2 Å².